The summed E-state index contributed by atoms with van der Waals surface area (Å²) >= 11 is 12.1. The SMILES string of the molecule is CN1CCCN(C(=O)c2ccccc2OCc2ccc(Cl)cc2Cl)CC1. The van der Waals surface area contributed by atoms with E-state index in [-0.39, 0.29) is 12.5 Å². The molecule has 0 atom stereocenters. The lowest BCUT2D eigenvalue weighted by atomic mass is 10.1. The van der Waals surface area contributed by atoms with Gasteiger partial charge >= 0.3 is 0 Å². The lowest BCUT2D eigenvalue weighted by molar-refractivity contribution is 0.0758. The molecule has 2 aromatic rings. The van der Waals surface area contributed by atoms with E-state index in [1.165, 1.54) is 0 Å². The van der Waals surface area contributed by atoms with Gasteiger partial charge in [-0.3, -0.25) is 4.79 Å². The molecule has 0 unspecified atom stereocenters. The number of ether oxygens (including phenoxy) is 1. The van der Waals surface area contributed by atoms with Crippen LogP contribution in [0.4, 0.5) is 0 Å². The van der Waals surface area contributed by atoms with E-state index in [9.17, 15) is 4.79 Å². The van der Waals surface area contributed by atoms with Crippen LogP contribution in [0.5, 0.6) is 5.75 Å². The fourth-order valence-corrected chi connectivity index (χ4v) is 3.45. The van der Waals surface area contributed by atoms with Crippen LogP contribution in [0.15, 0.2) is 42.5 Å². The van der Waals surface area contributed by atoms with Gasteiger partial charge in [-0.1, -0.05) is 41.4 Å². The number of para-hydroxylation sites is 1. The Labute approximate surface area is 164 Å². The van der Waals surface area contributed by atoms with Gasteiger partial charge in [0.1, 0.15) is 12.4 Å². The van der Waals surface area contributed by atoms with Crippen LogP contribution in [0.2, 0.25) is 10.0 Å². The number of hydrogen-bond donors (Lipinski definition) is 0. The third-order valence-electron chi connectivity index (χ3n) is 4.52. The minimum Gasteiger partial charge on any atom is -0.488 e. The Morgan fingerprint density at radius 3 is 2.69 bits per heavy atom. The second-order valence-corrected chi connectivity index (χ2v) is 7.31. The lowest BCUT2D eigenvalue weighted by Crippen LogP contribution is -2.34. The second-order valence-electron chi connectivity index (χ2n) is 6.47. The molecule has 3 rings (SSSR count). The molecule has 2 aromatic carbocycles. The maximum Gasteiger partial charge on any atom is 0.257 e. The van der Waals surface area contributed by atoms with Crippen molar-refractivity contribution in [3.63, 3.8) is 0 Å². The highest BCUT2D eigenvalue weighted by Crippen LogP contribution is 2.25. The van der Waals surface area contributed by atoms with Crippen molar-refractivity contribution in [1.29, 1.82) is 0 Å². The average Bonchev–Trinajstić information content (AvgIpc) is 2.85. The second kappa shape index (κ2) is 8.76. The van der Waals surface area contributed by atoms with Crippen molar-refractivity contribution in [3.05, 3.63) is 63.6 Å². The van der Waals surface area contributed by atoms with Crippen LogP contribution in [0, 0.1) is 0 Å². The standard InChI is InChI=1S/C20H22Cl2N2O2/c1-23-9-4-10-24(12-11-23)20(25)17-5-2-3-6-19(17)26-14-15-7-8-16(21)13-18(15)22/h2-3,5-8,13H,4,9-12,14H2,1H3. The third kappa shape index (κ3) is 4.70. The molecule has 0 aliphatic carbocycles. The number of nitrogens with zero attached hydrogens (tertiary/aromatic N) is 2. The summed E-state index contributed by atoms with van der Waals surface area (Å²) in [6.07, 6.45) is 0.978. The zero-order valence-electron chi connectivity index (χ0n) is 14.8. The molecule has 1 aliphatic heterocycles. The summed E-state index contributed by atoms with van der Waals surface area (Å²) in [5, 5.41) is 1.14. The average molecular weight is 393 g/mol. The Balaban J connectivity index is 1.74. The summed E-state index contributed by atoms with van der Waals surface area (Å²) in [6.45, 7) is 3.67. The van der Waals surface area contributed by atoms with Gasteiger partial charge in [-0.25, -0.2) is 0 Å². The zero-order chi connectivity index (χ0) is 18.5. The number of likely N-dealkylation sites (N-methyl/N-ethyl adjacent to an activating group) is 1. The highest BCUT2D eigenvalue weighted by Gasteiger charge is 2.21. The van der Waals surface area contributed by atoms with Gasteiger partial charge in [-0.2, -0.15) is 0 Å². The first-order valence-electron chi connectivity index (χ1n) is 8.68. The summed E-state index contributed by atoms with van der Waals surface area (Å²) in [5.41, 5.74) is 1.41. The number of carbonyl (C=O) groups excluding carboxylic acids is 1. The number of amides is 1. The van der Waals surface area contributed by atoms with Crippen molar-refractivity contribution in [2.75, 3.05) is 33.2 Å². The van der Waals surface area contributed by atoms with Gasteiger partial charge in [0.2, 0.25) is 0 Å². The van der Waals surface area contributed by atoms with E-state index in [2.05, 4.69) is 11.9 Å². The van der Waals surface area contributed by atoms with E-state index >= 15 is 0 Å². The van der Waals surface area contributed by atoms with Crippen molar-refractivity contribution >= 4 is 29.1 Å². The number of hydrogen-bond acceptors (Lipinski definition) is 3. The Kier molecular flexibility index (Phi) is 6.41. The number of carbonyl (C=O) groups is 1. The summed E-state index contributed by atoms with van der Waals surface area (Å²) in [7, 11) is 2.08. The Morgan fingerprint density at radius 1 is 1.08 bits per heavy atom. The van der Waals surface area contributed by atoms with Crippen LogP contribution in [-0.4, -0.2) is 48.9 Å². The maximum atomic E-state index is 13.0. The normalized spacial score (nSPS) is 15.6. The molecule has 26 heavy (non-hydrogen) atoms. The molecule has 1 saturated heterocycles. The maximum absolute atomic E-state index is 13.0. The van der Waals surface area contributed by atoms with Crippen molar-refractivity contribution in [2.24, 2.45) is 0 Å². The zero-order valence-corrected chi connectivity index (χ0v) is 16.3. The fourth-order valence-electron chi connectivity index (χ4n) is 2.98. The highest BCUT2D eigenvalue weighted by molar-refractivity contribution is 6.35. The molecule has 1 amide bonds. The van der Waals surface area contributed by atoms with E-state index < -0.39 is 0 Å². The molecule has 6 heteroatoms. The van der Waals surface area contributed by atoms with Crippen LogP contribution >= 0.6 is 23.2 Å². The Hall–Kier alpha value is -1.75. The van der Waals surface area contributed by atoms with Crippen LogP contribution < -0.4 is 4.74 Å². The summed E-state index contributed by atoms with van der Waals surface area (Å²) in [4.78, 5) is 17.1. The smallest absolute Gasteiger partial charge is 0.257 e. The third-order valence-corrected chi connectivity index (χ3v) is 5.11. The monoisotopic (exact) mass is 392 g/mol. The van der Waals surface area contributed by atoms with Crippen LogP contribution in [-0.2, 0) is 6.61 Å². The van der Waals surface area contributed by atoms with E-state index in [1.54, 1.807) is 12.1 Å². The van der Waals surface area contributed by atoms with Crippen LogP contribution in [0.3, 0.4) is 0 Å². The molecule has 138 valence electrons. The molecule has 1 aliphatic rings. The van der Waals surface area contributed by atoms with Gasteiger partial charge in [0.05, 0.1) is 5.56 Å². The van der Waals surface area contributed by atoms with Gasteiger partial charge < -0.3 is 14.5 Å². The Morgan fingerprint density at radius 2 is 1.88 bits per heavy atom. The predicted octanol–water partition coefficient (Wildman–Crippen LogP) is 4.35. The summed E-state index contributed by atoms with van der Waals surface area (Å²) < 4.78 is 5.92. The quantitative estimate of drug-likeness (QED) is 0.774. The molecule has 4 nitrogen and oxygen atoms in total. The Bertz CT molecular complexity index is 782. The molecule has 0 spiro atoms. The molecule has 0 N–H and O–H groups in total. The first-order valence-corrected chi connectivity index (χ1v) is 9.44. The first kappa shape index (κ1) is 19.0. The number of halogens is 2. The van der Waals surface area contributed by atoms with Gasteiger partial charge in [-0.05, 0) is 44.3 Å². The van der Waals surface area contributed by atoms with Crippen LogP contribution in [0.25, 0.3) is 0 Å². The van der Waals surface area contributed by atoms with Gasteiger partial charge in [0.25, 0.3) is 5.91 Å². The highest BCUT2D eigenvalue weighted by atomic mass is 35.5. The summed E-state index contributed by atoms with van der Waals surface area (Å²) in [6, 6.07) is 12.7. The molecule has 1 fully saturated rings. The molecule has 0 bridgehead atoms. The van der Waals surface area contributed by atoms with Gasteiger partial charge in [0, 0.05) is 35.2 Å². The first-order chi connectivity index (χ1) is 12.5. The van der Waals surface area contributed by atoms with Crippen molar-refractivity contribution in [1.82, 2.24) is 9.80 Å². The molecule has 1 heterocycles. The summed E-state index contributed by atoms with van der Waals surface area (Å²) in [5.74, 6) is 0.583. The molecule has 0 saturated carbocycles. The van der Waals surface area contributed by atoms with Crippen molar-refractivity contribution < 1.29 is 9.53 Å². The van der Waals surface area contributed by atoms with E-state index in [4.69, 9.17) is 27.9 Å². The predicted molar refractivity (Wildman–Crippen MR) is 105 cm³/mol. The molecule has 0 radical (unpaired) electrons. The van der Waals surface area contributed by atoms with Crippen LogP contribution in [0.1, 0.15) is 22.3 Å². The minimum atomic E-state index is 0.0121. The topological polar surface area (TPSA) is 32.8 Å². The van der Waals surface area contributed by atoms with E-state index in [0.717, 1.165) is 38.2 Å². The molecule has 0 aromatic heterocycles. The fraction of sp³-hybridized carbons (Fsp3) is 0.350. The number of rotatable bonds is 4. The van der Waals surface area contributed by atoms with E-state index in [0.29, 0.717) is 21.4 Å². The van der Waals surface area contributed by atoms with E-state index in [1.807, 2.05) is 35.2 Å². The molecular formula is C20H22Cl2N2O2. The minimum absolute atomic E-state index is 0.0121. The largest absolute Gasteiger partial charge is 0.488 e. The van der Waals surface area contributed by atoms with Crippen molar-refractivity contribution in [2.45, 2.75) is 13.0 Å². The van der Waals surface area contributed by atoms with Gasteiger partial charge in [0.15, 0.2) is 0 Å². The van der Waals surface area contributed by atoms with Gasteiger partial charge in [-0.15, -0.1) is 0 Å². The van der Waals surface area contributed by atoms with Crippen molar-refractivity contribution in [3.8, 4) is 5.75 Å². The lowest BCUT2D eigenvalue weighted by Gasteiger charge is -2.22. The molecular weight excluding hydrogens is 371 g/mol. The number of benzene rings is 2.